The maximum Gasteiger partial charge on any atom is 0.491 e. The van der Waals surface area contributed by atoms with E-state index in [0.29, 0.717) is 5.47 Å². The Morgan fingerprint density at radius 3 is 2.26 bits per heavy atom. The zero-order valence-electron chi connectivity index (χ0n) is 15.9. The molecule has 1 aliphatic heterocycles. The molecule has 2 rings (SSSR count). The third kappa shape index (κ3) is 5.09. The van der Waals surface area contributed by atoms with Crippen LogP contribution in [0.4, 0.5) is 18.9 Å². The average molecular weight is 401 g/mol. The van der Waals surface area contributed by atoms with E-state index in [2.05, 4.69) is 0 Å². The maximum atomic E-state index is 13.0. The van der Waals surface area contributed by atoms with E-state index < -0.39 is 30.1 Å². The summed E-state index contributed by atoms with van der Waals surface area (Å²) in [4.78, 5) is 11.4. The molecule has 1 heterocycles. The van der Waals surface area contributed by atoms with Crippen LogP contribution in [-0.2, 0) is 20.3 Å². The lowest BCUT2D eigenvalue weighted by molar-refractivity contribution is -0.137. The molecule has 1 aromatic carbocycles. The van der Waals surface area contributed by atoms with Crippen molar-refractivity contribution >= 4 is 35.8 Å². The number of thioether (sulfide) groups is 1. The van der Waals surface area contributed by atoms with Gasteiger partial charge in [0.1, 0.15) is 0 Å². The van der Waals surface area contributed by atoms with Gasteiger partial charge in [-0.05, 0) is 56.9 Å². The maximum absolute atomic E-state index is 13.0. The summed E-state index contributed by atoms with van der Waals surface area (Å²) in [5.74, 6) is 0.224. The molecule has 0 aliphatic carbocycles. The fourth-order valence-electron chi connectivity index (χ4n) is 2.43. The first-order valence-electron chi connectivity index (χ1n) is 8.39. The van der Waals surface area contributed by atoms with Crippen molar-refractivity contribution < 1.29 is 27.3 Å². The Balaban J connectivity index is 2.45. The molecule has 0 bridgehead atoms. The van der Waals surface area contributed by atoms with Gasteiger partial charge in [0.25, 0.3) is 0 Å². The first-order chi connectivity index (χ1) is 12.2. The van der Waals surface area contributed by atoms with E-state index in [0.717, 1.165) is 23.9 Å². The fraction of sp³-hybridized carbons (Fsp3) is 0.500. The van der Waals surface area contributed by atoms with Crippen LogP contribution in [0.3, 0.4) is 0 Å². The molecule has 2 N–H and O–H groups in total. The van der Waals surface area contributed by atoms with E-state index in [1.165, 1.54) is 19.1 Å². The third-order valence-electron chi connectivity index (χ3n) is 4.75. The van der Waals surface area contributed by atoms with Crippen LogP contribution in [0.25, 0.3) is 6.08 Å². The van der Waals surface area contributed by atoms with Gasteiger partial charge in [-0.2, -0.15) is 13.2 Å². The van der Waals surface area contributed by atoms with Gasteiger partial charge < -0.3 is 15.0 Å². The molecule has 0 saturated carbocycles. The summed E-state index contributed by atoms with van der Waals surface area (Å²) in [6, 6.07) is 3.14. The van der Waals surface area contributed by atoms with Crippen molar-refractivity contribution in [3.8, 4) is 0 Å². The van der Waals surface area contributed by atoms with Crippen molar-refractivity contribution in [3.63, 3.8) is 0 Å². The molecule has 1 aromatic rings. The van der Waals surface area contributed by atoms with E-state index in [9.17, 15) is 18.0 Å². The second kappa shape index (κ2) is 7.52. The van der Waals surface area contributed by atoms with Crippen LogP contribution < -0.4 is 5.73 Å². The predicted octanol–water partition coefficient (Wildman–Crippen LogP) is 4.58. The number of anilines is 1. The van der Waals surface area contributed by atoms with Crippen molar-refractivity contribution in [1.29, 1.82) is 0 Å². The van der Waals surface area contributed by atoms with Gasteiger partial charge in [0.2, 0.25) is 0 Å². The molecular formula is C18H23BF3NO3S. The van der Waals surface area contributed by atoms with Gasteiger partial charge in [0.05, 0.1) is 16.8 Å². The highest BCUT2D eigenvalue weighted by atomic mass is 32.2. The van der Waals surface area contributed by atoms with Crippen molar-refractivity contribution in [2.24, 2.45) is 0 Å². The highest BCUT2D eigenvalue weighted by Gasteiger charge is 2.52. The highest BCUT2D eigenvalue weighted by molar-refractivity contribution is 8.13. The molecule has 148 valence electrons. The van der Waals surface area contributed by atoms with E-state index >= 15 is 0 Å². The largest absolute Gasteiger partial charge is 0.491 e. The summed E-state index contributed by atoms with van der Waals surface area (Å²) in [6.45, 7) is 8.93. The molecule has 0 atom stereocenters. The zero-order chi connectivity index (χ0) is 20.6. The molecule has 9 heteroatoms. The van der Waals surface area contributed by atoms with Gasteiger partial charge in [-0.3, -0.25) is 4.79 Å². The van der Waals surface area contributed by atoms with Gasteiger partial charge >= 0.3 is 13.3 Å². The van der Waals surface area contributed by atoms with E-state index in [1.54, 1.807) is 0 Å². The van der Waals surface area contributed by atoms with Gasteiger partial charge in [-0.1, -0.05) is 17.8 Å². The van der Waals surface area contributed by atoms with Gasteiger partial charge in [0, 0.05) is 18.4 Å². The summed E-state index contributed by atoms with van der Waals surface area (Å²) >= 11 is 1.03. The molecule has 1 fully saturated rings. The normalized spacial score (nSPS) is 19.4. The van der Waals surface area contributed by atoms with Crippen LogP contribution in [0.2, 0.25) is 0 Å². The van der Waals surface area contributed by atoms with E-state index in [1.807, 2.05) is 27.7 Å². The Hall–Kier alpha value is -1.45. The van der Waals surface area contributed by atoms with Crippen LogP contribution in [-0.4, -0.2) is 29.2 Å². The molecular weight excluding hydrogens is 378 g/mol. The number of benzene rings is 1. The second-order valence-electron chi connectivity index (χ2n) is 7.43. The number of hydrogen-bond donors (Lipinski definition) is 1. The summed E-state index contributed by atoms with van der Waals surface area (Å²) in [5.41, 5.74) is 4.80. The number of halogens is 3. The molecule has 0 amide bonds. The minimum atomic E-state index is -4.48. The lowest BCUT2D eigenvalue weighted by atomic mass is 9.78. The smallest absolute Gasteiger partial charge is 0.400 e. The first-order valence-corrected chi connectivity index (χ1v) is 9.38. The number of alkyl halides is 3. The SMILES string of the molecule is CC(=O)SCC(=Cc1cc(C(F)(F)F)ccc1N)B1OC(C)(C)C(C)(C)O1. The zero-order valence-corrected chi connectivity index (χ0v) is 16.8. The van der Waals surface area contributed by atoms with Gasteiger partial charge in [-0.25, -0.2) is 0 Å². The van der Waals surface area contributed by atoms with Crippen molar-refractivity contribution in [2.45, 2.75) is 52.0 Å². The Morgan fingerprint density at radius 1 is 1.22 bits per heavy atom. The Labute approximate surface area is 161 Å². The van der Waals surface area contributed by atoms with Crippen LogP contribution in [0.1, 0.15) is 45.7 Å². The molecule has 1 aliphatic rings. The first kappa shape index (κ1) is 21.9. The van der Waals surface area contributed by atoms with Crippen molar-refractivity contribution in [2.75, 3.05) is 11.5 Å². The monoisotopic (exact) mass is 401 g/mol. The molecule has 0 unspecified atom stereocenters. The molecule has 4 nitrogen and oxygen atoms in total. The molecule has 1 saturated heterocycles. The Bertz CT molecular complexity index is 747. The second-order valence-corrected chi connectivity index (χ2v) is 8.58. The predicted molar refractivity (Wildman–Crippen MR) is 103 cm³/mol. The molecule has 0 spiro atoms. The quantitative estimate of drug-likeness (QED) is 0.591. The number of nitrogens with two attached hydrogens (primary N) is 1. The lowest BCUT2D eigenvalue weighted by Crippen LogP contribution is -2.41. The number of carbonyl (C=O) groups is 1. The fourth-order valence-corrected chi connectivity index (χ4v) is 3.02. The number of carbonyl (C=O) groups excluding carboxylic acids is 1. The molecule has 0 aromatic heterocycles. The minimum absolute atomic E-state index is 0.116. The Morgan fingerprint density at radius 2 is 1.78 bits per heavy atom. The van der Waals surface area contributed by atoms with Gasteiger partial charge in [-0.15, -0.1) is 0 Å². The number of hydrogen-bond acceptors (Lipinski definition) is 5. The van der Waals surface area contributed by atoms with Crippen molar-refractivity contribution in [3.05, 3.63) is 34.8 Å². The standard InChI is InChI=1S/C18H23BF3NO3S/c1-11(24)27-10-14(19-25-16(2,3)17(4,5)26-19)9-12-8-13(18(20,21)22)6-7-15(12)23/h6-9H,10,23H2,1-5H3. The third-order valence-corrected chi connectivity index (χ3v) is 5.64. The summed E-state index contributed by atoms with van der Waals surface area (Å²) in [6.07, 6.45) is -2.96. The van der Waals surface area contributed by atoms with Crippen LogP contribution >= 0.6 is 11.8 Å². The summed E-state index contributed by atoms with van der Waals surface area (Å²) in [7, 11) is -0.782. The van der Waals surface area contributed by atoms with Crippen LogP contribution in [0.15, 0.2) is 23.7 Å². The highest BCUT2D eigenvalue weighted by Crippen LogP contribution is 2.40. The summed E-state index contributed by atoms with van der Waals surface area (Å²) < 4.78 is 51.1. The summed E-state index contributed by atoms with van der Waals surface area (Å²) in [5, 5.41) is -0.116. The Kier molecular flexibility index (Phi) is 6.09. The average Bonchev–Trinajstić information content (AvgIpc) is 2.72. The van der Waals surface area contributed by atoms with Crippen LogP contribution in [0.5, 0.6) is 0 Å². The van der Waals surface area contributed by atoms with Crippen molar-refractivity contribution in [1.82, 2.24) is 0 Å². The molecule has 0 radical (unpaired) electrons. The van der Waals surface area contributed by atoms with E-state index in [-0.39, 0.29) is 22.1 Å². The lowest BCUT2D eigenvalue weighted by Gasteiger charge is -2.32. The number of nitrogen functional groups attached to an aromatic ring is 1. The number of rotatable bonds is 4. The topological polar surface area (TPSA) is 61.6 Å². The molecule has 27 heavy (non-hydrogen) atoms. The van der Waals surface area contributed by atoms with E-state index in [4.69, 9.17) is 15.0 Å². The minimum Gasteiger partial charge on any atom is -0.400 e. The van der Waals surface area contributed by atoms with Gasteiger partial charge in [0.15, 0.2) is 5.12 Å². The van der Waals surface area contributed by atoms with Crippen LogP contribution in [0, 0.1) is 0 Å².